The quantitative estimate of drug-likeness (QED) is 0.909. The fraction of sp³-hybridized carbons (Fsp3) is 0.462. The molecule has 0 saturated heterocycles. The van der Waals surface area contributed by atoms with Crippen LogP contribution in [0.4, 0.5) is 5.82 Å². The zero-order chi connectivity index (χ0) is 13.8. The summed E-state index contributed by atoms with van der Waals surface area (Å²) in [6.07, 6.45) is 4.85. The van der Waals surface area contributed by atoms with E-state index in [2.05, 4.69) is 28.9 Å². The molecule has 0 saturated carbocycles. The molecule has 6 heteroatoms. The number of rotatable bonds is 5. The lowest BCUT2D eigenvalue weighted by Crippen LogP contribution is -2.02. The van der Waals surface area contributed by atoms with Gasteiger partial charge in [0.1, 0.15) is 11.6 Å². The fourth-order valence-electron chi connectivity index (χ4n) is 1.62. The molecule has 0 radical (unpaired) electrons. The van der Waals surface area contributed by atoms with Crippen LogP contribution in [0.2, 0.25) is 0 Å². The molecule has 0 amide bonds. The van der Waals surface area contributed by atoms with Gasteiger partial charge in [0.15, 0.2) is 0 Å². The topological polar surface area (TPSA) is 69.6 Å². The monoisotopic (exact) mass is 277 g/mol. The summed E-state index contributed by atoms with van der Waals surface area (Å²) >= 11 is 1.85. The minimum atomic E-state index is 0.508. The number of nitrogens with two attached hydrogens (primary N) is 1. The van der Waals surface area contributed by atoms with Gasteiger partial charge in [-0.3, -0.25) is 4.68 Å². The molecule has 0 aliphatic carbocycles. The Morgan fingerprint density at radius 2 is 2.21 bits per heavy atom. The van der Waals surface area contributed by atoms with Crippen LogP contribution in [0, 0.1) is 0 Å². The normalized spacial score (nSPS) is 12.6. The number of hydrogen-bond donors (Lipinski definition) is 1. The Bertz CT molecular complexity index is 552. The number of thioether (sulfide) groups is 1. The molecule has 102 valence electrons. The SMILES string of the molecule is CCC(C)SCc1nc(N)cc(-c2cnn(C)c2)n1. The number of nitrogens with zero attached hydrogens (tertiary/aromatic N) is 4. The van der Waals surface area contributed by atoms with Crippen molar-refractivity contribution in [3.63, 3.8) is 0 Å². The fourth-order valence-corrected chi connectivity index (χ4v) is 2.42. The van der Waals surface area contributed by atoms with E-state index in [0.717, 1.165) is 29.3 Å². The summed E-state index contributed by atoms with van der Waals surface area (Å²) in [5.41, 5.74) is 7.65. The Kier molecular flexibility index (Phi) is 4.42. The Morgan fingerprint density at radius 3 is 2.84 bits per heavy atom. The highest BCUT2D eigenvalue weighted by Gasteiger charge is 2.08. The molecule has 1 atom stereocenters. The predicted molar refractivity (Wildman–Crippen MR) is 79.7 cm³/mol. The maximum atomic E-state index is 5.85. The molecule has 2 heterocycles. The van der Waals surface area contributed by atoms with Crippen molar-refractivity contribution in [3.05, 3.63) is 24.3 Å². The molecule has 0 spiro atoms. The average Bonchev–Trinajstić information content (AvgIpc) is 2.82. The van der Waals surface area contributed by atoms with Crippen LogP contribution in [0.25, 0.3) is 11.3 Å². The number of hydrogen-bond acceptors (Lipinski definition) is 5. The number of aryl methyl sites for hydroxylation is 1. The van der Waals surface area contributed by atoms with Crippen molar-refractivity contribution in [2.75, 3.05) is 5.73 Å². The highest BCUT2D eigenvalue weighted by Crippen LogP contribution is 2.22. The van der Waals surface area contributed by atoms with Gasteiger partial charge >= 0.3 is 0 Å². The molecule has 5 nitrogen and oxygen atoms in total. The van der Waals surface area contributed by atoms with E-state index in [9.17, 15) is 0 Å². The lowest BCUT2D eigenvalue weighted by atomic mass is 10.2. The van der Waals surface area contributed by atoms with Crippen LogP contribution < -0.4 is 5.73 Å². The molecule has 2 aromatic heterocycles. The van der Waals surface area contributed by atoms with Crippen molar-refractivity contribution < 1.29 is 0 Å². The van der Waals surface area contributed by atoms with E-state index in [1.165, 1.54) is 0 Å². The van der Waals surface area contributed by atoms with Crippen LogP contribution in [-0.2, 0) is 12.8 Å². The molecule has 0 bridgehead atoms. The highest BCUT2D eigenvalue weighted by molar-refractivity contribution is 7.99. The first-order valence-electron chi connectivity index (χ1n) is 6.32. The Morgan fingerprint density at radius 1 is 1.42 bits per heavy atom. The number of aromatic nitrogens is 4. The molecule has 2 aromatic rings. The van der Waals surface area contributed by atoms with E-state index in [4.69, 9.17) is 5.73 Å². The van der Waals surface area contributed by atoms with Crippen molar-refractivity contribution in [1.29, 1.82) is 0 Å². The predicted octanol–water partition coefficient (Wildman–Crippen LogP) is 2.49. The molecule has 1 unspecified atom stereocenters. The van der Waals surface area contributed by atoms with Gasteiger partial charge in [0, 0.05) is 30.1 Å². The van der Waals surface area contributed by atoms with E-state index in [0.29, 0.717) is 11.1 Å². The van der Waals surface area contributed by atoms with Gasteiger partial charge < -0.3 is 5.73 Å². The number of nitrogen functional groups attached to an aromatic ring is 1. The van der Waals surface area contributed by atoms with Crippen molar-refractivity contribution >= 4 is 17.6 Å². The first-order chi connectivity index (χ1) is 9.08. The van der Waals surface area contributed by atoms with Crippen molar-refractivity contribution in [2.24, 2.45) is 7.05 Å². The summed E-state index contributed by atoms with van der Waals surface area (Å²) in [5, 5.41) is 4.75. The highest BCUT2D eigenvalue weighted by atomic mass is 32.2. The third kappa shape index (κ3) is 3.70. The van der Waals surface area contributed by atoms with Gasteiger partial charge in [-0.25, -0.2) is 9.97 Å². The maximum absolute atomic E-state index is 5.85. The first-order valence-corrected chi connectivity index (χ1v) is 7.37. The van der Waals surface area contributed by atoms with Crippen molar-refractivity contribution in [2.45, 2.75) is 31.3 Å². The van der Waals surface area contributed by atoms with E-state index in [1.54, 1.807) is 16.9 Å². The molecule has 2 rings (SSSR count). The molecule has 0 fully saturated rings. The largest absolute Gasteiger partial charge is 0.384 e. The summed E-state index contributed by atoms with van der Waals surface area (Å²) < 4.78 is 1.75. The summed E-state index contributed by atoms with van der Waals surface area (Å²) in [6, 6.07) is 1.79. The summed E-state index contributed by atoms with van der Waals surface area (Å²) in [5.74, 6) is 2.07. The maximum Gasteiger partial charge on any atom is 0.141 e. The Hall–Kier alpha value is -1.56. The van der Waals surface area contributed by atoms with E-state index < -0.39 is 0 Å². The third-order valence-corrected chi connectivity index (χ3v) is 4.19. The Balaban J connectivity index is 2.20. The van der Waals surface area contributed by atoms with Crippen LogP contribution in [0.1, 0.15) is 26.1 Å². The van der Waals surface area contributed by atoms with Crippen LogP contribution in [0.15, 0.2) is 18.5 Å². The van der Waals surface area contributed by atoms with E-state index in [1.807, 2.05) is 25.0 Å². The van der Waals surface area contributed by atoms with Crippen LogP contribution in [-0.4, -0.2) is 25.0 Å². The first kappa shape index (κ1) is 13.9. The lowest BCUT2D eigenvalue weighted by molar-refractivity contribution is 0.768. The molecule has 0 aliphatic heterocycles. The van der Waals surface area contributed by atoms with Gasteiger partial charge in [-0.15, -0.1) is 0 Å². The molecule has 0 aliphatic rings. The molecule has 19 heavy (non-hydrogen) atoms. The van der Waals surface area contributed by atoms with Gasteiger partial charge in [0.25, 0.3) is 0 Å². The summed E-state index contributed by atoms with van der Waals surface area (Å²) in [4.78, 5) is 8.85. The van der Waals surface area contributed by atoms with Crippen LogP contribution in [0.3, 0.4) is 0 Å². The average molecular weight is 277 g/mol. The zero-order valence-corrected chi connectivity index (χ0v) is 12.3. The van der Waals surface area contributed by atoms with Crippen LogP contribution in [0.5, 0.6) is 0 Å². The number of anilines is 1. The molecule has 0 aromatic carbocycles. The van der Waals surface area contributed by atoms with Crippen molar-refractivity contribution in [3.8, 4) is 11.3 Å². The molecule has 2 N–H and O–H groups in total. The van der Waals surface area contributed by atoms with Gasteiger partial charge in [-0.1, -0.05) is 13.8 Å². The van der Waals surface area contributed by atoms with E-state index >= 15 is 0 Å². The van der Waals surface area contributed by atoms with Gasteiger partial charge in [-0.05, 0) is 6.42 Å². The van der Waals surface area contributed by atoms with E-state index in [-0.39, 0.29) is 0 Å². The summed E-state index contributed by atoms with van der Waals surface area (Å²) in [6.45, 7) is 4.39. The molecular formula is C13H19N5S. The second-order valence-corrected chi connectivity index (χ2v) is 5.95. The van der Waals surface area contributed by atoms with Gasteiger partial charge in [0.05, 0.1) is 17.6 Å². The standard InChI is InChI=1S/C13H19N5S/c1-4-9(2)19-8-13-16-11(5-12(14)17-13)10-6-15-18(3)7-10/h5-7,9H,4,8H2,1-3H3,(H2,14,16,17). The van der Waals surface area contributed by atoms with Gasteiger partial charge in [0.2, 0.25) is 0 Å². The second kappa shape index (κ2) is 6.06. The Labute approximate surface area is 117 Å². The lowest BCUT2D eigenvalue weighted by Gasteiger charge is -2.08. The molecular weight excluding hydrogens is 258 g/mol. The van der Waals surface area contributed by atoms with Crippen LogP contribution >= 0.6 is 11.8 Å². The second-order valence-electron chi connectivity index (χ2n) is 4.53. The zero-order valence-electron chi connectivity index (χ0n) is 11.5. The minimum absolute atomic E-state index is 0.508. The summed E-state index contributed by atoms with van der Waals surface area (Å²) in [7, 11) is 1.88. The van der Waals surface area contributed by atoms with Crippen molar-refractivity contribution in [1.82, 2.24) is 19.7 Å². The smallest absolute Gasteiger partial charge is 0.141 e. The van der Waals surface area contributed by atoms with Gasteiger partial charge in [-0.2, -0.15) is 16.9 Å². The third-order valence-electron chi connectivity index (χ3n) is 2.86. The minimum Gasteiger partial charge on any atom is -0.384 e.